The summed E-state index contributed by atoms with van der Waals surface area (Å²) >= 11 is 5.48. The van der Waals surface area contributed by atoms with Gasteiger partial charge in [-0.1, -0.05) is 0 Å². The summed E-state index contributed by atoms with van der Waals surface area (Å²) in [7, 11) is 0. The predicted molar refractivity (Wildman–Crippen MR) is 39.7 cm³/mol. The van der Waals surface area contributed by atoms with Crippen LogP contribution in [0, 0.1) is 12.1 Å². The van der Waals surface area contributed by atoms with Crippen molar-refractivity contribution in [1.82, 2.24) is 0 Å². The fourth-order valence-corrected chi connectivity index (χ4v) is 0.957. The van der Waals surface area contributed by atoms with E-state index in [0.717, 1.165) is 4.73 Å². The average molecular weight is 158 g/mol. The number of pyridine rings is 1. The first kappa shape index (κ1) is 7.35. The van der Waals surface area contributed by atoms with Crippen molar-refractivity contribution < 1.29 is 4.73 Å². The summed E-state index contributed by atoms with van der Waals surface area (Å²) in [6.45, 7) is 1.75. The summed E-state index contributed by atoms with van der Waals surface area (Å²) in [5, 5.41) is 11.0. The molecular weight excluding hydrogens is 150 g/mol. The lowest BCUT2D eigenvalue weighted by molar-refractivity contribution is -0.619. The first-order chi connectivity index (χ1) is 4.75. The maximum atomic E-state index is 11.0. The van der Waals surface area contributed by atoms with Crippen LogP contribution in [0.25, 0.3) is 0 Å². The predicted octanol–water partition coefficient (Wildman–Crippen LogP) is 1.37. The molecule has 2 nitrogen and oxygen atoms in total. The van der Waals surface area contributed by atoms with Crippen molar-refractivity contribution in [1.29, 1.82) is 0 Å². The van der Waals surface area contributed by atoms with E-state index < -0.39 is 0 Å². The molecule has 0 bridgehead atoms. The summed E-state index contributed by atoms with van der Waals surface area (Å²) in [5.41, 5.74) is 1.28. The maximum absolute atomic E-state index is 11.0. The molecule has 0 atom stereocenters. The van der Waals surface area contributed by atoms with E-state index in [4.69, 9.17) is 11.6 Å². The second-order valence-electron chi connectivity index (χ2n) is 2.09. The van der Waals surface area contributed by atoms with Gasteiger partial charge in [0.1, 0.15) is 5.88 Å². The zero-order valence-corrected chi connectivity index (χ0v) is 6.43. The Morgan fingerprint density at radius 3 is 2.80 bits per heavy atom. The lowest BCUT2D eigenvalue weighted by atomic mass is 10.3. The van der Waals surface area contributed by atoms with Gasteiger partial charge in [0, 0.05) is 19.1 Å². The summed E-state index contributed by atoms with van der Waals surface area (Å²) in [6.07, 6.45) is 0. The lowest BCUT2D eigenvalue weighted by Crippen LogP contribution is -2.34. The van der Waals surface area contributed by atoms with Crippen molar-refractivity contribution in [3.8, 4) is 0 Å². The third kappa shape index (κ3) is 1.21. The molecule has 0 fully saturated rings. The molecule has 0 aromatic carbocycles. The van der Waals surface area contributed by atoms with Gasteiger partial charge >= 0.3 is 0 Å². The van der Waals surface area contributed by atoms with Gasteiger partial charge in [-0.25, -0.2) is 0 Å². The van der Waals surface area contributed by atoms with Crippen molar-refractivity contribution >= 4 is 11.6 Å². The fraction of sp³-hybridized carbons (Fsp3) is 0.286. The number of aromatic nitrogens is 1. The monoisotopic (exact) mass is 157 g/mol. The molecule has 0 radical (unpaired) electrons. The molecule has 1 aromatic heterocycles. The van der Waals surface area contributed by atoms with Gasteiger partial charge < -0.3 is 5.21 Å². The molecule has 0 saturated heterocycles. The molecule has 0 aliphatic carbocycles. The van der Waals surface area contributed by atoms with Crippen LogP contribution in [0.15, 0.2) is 18.2 Å². The summed E-state index contributed by atoms with van der Waals surface area (Å²) in [4.78, 5) is 0. The van der Waals surface area contributed by atoms with Crippen LogP contribution in [0.5, 0.6) is 0 Å². The molecule has 0 spiro atoms. The molecule has 3 heteroatoms. The minimum Gasteiger partial charge on any atom is -0.618 e. The maximum Gasteiger partial charge on any atom is 0.207 e. The zero-order chi connectivity index (χ0) is 7.56. The van der Waals surface area contributed by atoms with Gasteiger partial charge in [-0.15, -0.1) is 11.6 Å². The van der Waals surface area contributed by atoms with Gasteiger partial charge in [0.15, 0.2) is 5.69 Å². The van der Waals surface area contributed by atoms with Crippen molar-refractivity contribution in [2.24, 2.45) is 0 Å². The number of hydrogen-bond acceptors (Lipinski definition) is 1. The van der Waals surface area contributed by atoms with Gasteiger partial charge in [-0.2, -0.15) is 4.73 Å². The Balaban J connectivity index is 3.14. The number of aryl methyl sites for hydroxylation is 1. The molecule has 1 aromatic rings. The second kappa shape index (κ2) is 2.88. The average Bonchev–Trinajstić information content (AvgIpc) is 1.95. The minimum atomic E-state index is 0.269. The Morgan fingerprint density at radius 1 is 1.60 bits per heavy atom. The van der Waals surface area contributed by atoms with Crippen molar-refractivity contribution in [2.75, 3.05) is 0 Å². The van der Waals surface area contributed by atoms with Gasteiger partial charge in [-0.3, -0.25) is 0 Å². The van der Waals surface area contributed by atoms with Crippen LogP contribution >= 0.6 is 11.6 Å². The number of halogens is 1. The van der Waals surface area contributed by atoms with Gasteiger partial charge in [0.05, 0.1) is 0 Å². The van der Waals surface area contributed by atoms with E-state index in [1.54, 1.807) is 19.1 Å². The van der Waals surface area contributed by atoms with Crippen molar-refractivity contribution in [3.63, 3.8) is 0 Å². The zero-order valence-electron chi connectivity index (χ0n) is 5.67. The Bertz CT molecular complexity index is 237. The van der Waals surface area contributed by atoms with E-state index in [0.29, 0.717) is 11.4 Å². The molecule has 0 aliphatic rings. The summed E-state index contributed by atoms with van der Waals surface area (Å²) < 4.78 is 0.840. The number of alkyl halides is 1. The smallest absolute Gasteiger partial charge is 0.207 e. The molecule has 0 amide bonds. The molecule has 10 heavy (non-hydrogen) atoms. The topological polar surface area (TPSA) is 26.9 Å². The molecule has 54 valence electrons. The quantitative estimate of drug-likeness (QED) is 0.344. The standard InChI is InChI=1S/C7H8ClNO/c1-6-3-2-4-7(5-8)9(6)10/h2-4H,5H2,1H3. The number of hydrogen-bond donors (Lipinski definition) is 0. The van der Waals surface area contributed by atoms with Crippen molar-refractivity contribution in [3.05, 3.63) is 34.8 Å². The second-order valence-corrected chi connectivity index (χ2v) is 2.35. The van der Waals surface area contributed by atoms with E-state index in [2.05, 4.69) is 0 Å². The van der Waals surface area contributed by atoms with Crippen LogP contribution in [0.1, 0.15) is 11.4 Å². The highest BCUT2D eigenvalue weighted by Crippen LogP contribution is 1.97. The van der Waals surface area contributed by atoms with Crippen LogP contribution in [0.2, 0.25) is 0 Å². The normalized spacial score (nSPS) is 9.80. The fourth-order valence-electron chi connectivity index (χ4n) is 0.759. The van der Waals surface area contributed by atoms with Crippen LogP contribution < -0.4 is 4.73 Å². The van der Waals surface area contributed by atoms with E-state index in [-0.39, 0.29) is 5.88 Å². The van der Waals surface area contributed by atoms with E-state index in [9.17, 15) is 5.21 Å². The number of rotatable bonds is 1. The molecule has 0 unspecified atom stereocenters. The van der Waals surface area contributed by atoms with Crippen LogP contribution in [0.4, 0.5) is 0 Å². The van der Waals surface area contributed by atoms with Crippen molar-refractivity contribution in [2.45, 2.75) is 12.8 Å². The van der Waals surface area contributed by atoms with E-state index >= 15 is 0 Å². The Hall–Kier alpha value is -0.760. The molecule has 1 heterocycles. The van der Waals surface area contributed by atoms with Gasteiger partial charge in [0.2, 0.25) is 5.69 Å². The first-order valence-corrected chi connectivity index (χ1v) is 3.53. The van der Waals surface area contributed by atoms with Gasteiger partial charge in [0.25, 0.3) is 0 Å². The highest BCUT2D eigenvalue weighted by Gasteiger charge is 2.03. The minimum absolute atomic E-state index is 0.269. The van der Waals surface area contributed by atoms with E-state index in [1.807, 2.05) is 6.07 Å². The van der Waals surface area contributed by atoms with Crippen LogP contribution in [-0.2, 0) is 5.88 Å². The van der Waals surface area contributed by atoms with Gasteiger partial charge in [-0.05, 0) is 6.07 Å². The molecular formula is C7H8ClNO. The SMILES string of the molecule is Cc1cccc(CCl)[n+]1[O-]. The summed E-state index contributed by atoms with van der Waals surface area (Å²) in [5.74, 6) is 0.269. The molecule has 0 N–H and O–H groups in total. The third-order valence-electron chi connectivity index (χ3n) is 1.34. The summed E-state index contributed by atoms with van der Waals surface area (Å²) in [6, 6.07) is 5.29. The Kier molecular flexibility index (Phi) is 2.12. The molecule has 1 rings (SSSR count). The Labute approximate surface area is 64.6 Å². The largest absolute Gasteiger partial charge is 0.618 e. The molecule has 0 saturated carbocycles. The van der Waals surface area contributed by atoms with Crippen LogP contribution in [-0.4, -0.2) is 0 Å². The lowest BCUT2D eigenvalue weighted by Gasteiger charge is -2.02. The highest BCUT2D eigenvalue weighted by molar-refractivity contribution is 6.16. The number of nitrogens with zero attached hydrogens (tertiary/aromatic N) is 1. The highest BCUT2D eigenvalue weighted by atomic mass is 35.5. The first-order valence-electron chi connectivity index (χ1n) is 2.99. The third-order valence-corrected chi connectivity index (χ3v) is 1.62. The Morgan fingerprint density at radius 2 is 2.30 bits per heavy atom. The van der Waals surface area contributed by atoms with E-state index in [1.165, 1.54) is 0 Å². The van der Waals surface area contributed by atoms with Crippen LogP contribution in [0.3, 0.4) is 0 Å². The molecule has 0 aliphatic heterocycles.